The highest BCUT2D eigenvalue weighted by molar-refractivity contribution is 7.89. The van der Waals surface area contributed by atoms with Crippen molar-refractivity contribution < 1.29 is 22.0 Å². The summed E-state index contributed by atoms with van der Waals surface area (Å²) >= 11 is 0.668. The zero-order chi connectivity index (χ0) is 26.7. The number of fused-ring (bicyclic) bond motifs is 1. The summed E-state index contributed by atoms with van der Waals surface area (Å²) in [7, 11) is -4.09. The molecule has 2 aromatic heterocycles. The summed E-state index contributed by atoms with van der Waals surface area (Å²) in [6.45, 7) is 2.00. The molecule has 200 valence electrons. The van der Waals surface area contributed by atoms with Crippen LogP contribution in [0.25, 0.3) is 16.0 Å². The number of nitrogens with one attached hydrogen (secondary N) is 1. The Kier molecular flexibility index (Phi) is 6.08. The number of amides is 1. The number of benzene rings is 1. The van der Waals surface area contributed by atoms with Gasteiger partial charge in [-0.2, -0.15) is 15.1 Å². The minimum absolute atomic E-state index is 0.0742. The van der Waals surface area contributed by atoms with Gasteiger partial charge in [0, 0.05) is 43.2 Å². The van der Waals surface area contributed by atoms with E-state index in [0.29, 0.717) is 66.9 Å². The van der Waals surface area contributed by atoms with Crippen molar-refractivity contribution in [1.29, 1.82) is 5.26 Å². The lowest BCUT2D eigenvalue weighted by Gasteiger charge is -2.39. The molecule has 1 N–H and O–H groups in total. The van der Waals surface area contributed by atoms with E-state index in [-0.39, 0.29) is 21.9 Å². The number of carbonyl (C=O) groups excluding carboxylic acids is 1. The van der Waals surface area contributed by atoms with Crippen molar-refractivity contribution in [2.75, 3.05) is 31.1 Å². The quantitative estimate of drug-likeness (QED) is 0.464. The third kappa shape index (κ3) is 4.40. The molecule has 15 heteroatoms. The lowest BCUT2D eigenvalue weighted by Crippen LogP contribution is -2.51. The van der Waals surface area contributed by atoms with Crippen LogP contribution in [-0.4, -0.2) is 70.9 Å². The molecule has 3 heterocycles. The van der Waals surface area contributed by atoms with Crippen molar-refractivity contribution in [3.8, 4) is 11.2 Å². The van der Waals surface area contributed by atoms with Gasteiger partial charge in [-0.25, -0.2) is 21.9 Å². The standard InChI is InChI=1S/C23H24F2N8O3S2/c24-19(25)20-28-29-22(37-20)33-18-11-15(38(35,36)30-23(13-26)4-5-23)10-17(16(18)12-27-33)31-6-8-32(9-7-31)21(34)14-2-1-3-14/h10-12,14,19,30H,1-9H2. The van der Waals surface area contributed by atoms with Gasteiger partial charge in [0.05, 0.1) is 22.7 Å². The Balaban J connectivity index is 1.38. The van der Waals surface area contributed by atoms with Gasteiger partial charge in [0.15, 0.2) is 5.01 Å². The fourth-order valence-electron chi connectivity index (χ4n) is 4.81. The van der Waals surface area contributed by atoms with Crippen molar-refractivity contribution >= 4 is 43.9 Å². The normalized spacial score (nSPS) is 19.5. The van der Waals surface area contributed by atoms with Crippen LogP contribution in [-0.2, 0) is 14.8 Å². The smallest absolute Gasteiger partial charge is 0.291 e. The molecule has 1 aromatic carbocycles. The van der Waals surface area contributed by atoms with Gasteiger partial charge >= 0.3 is 0 Å². The van der Waals surface area contributed by atoms with E-state index in [1.807, 2.05) is 15.9 Å². The minimum Gasteiger partial charge on any atom is -0.367 e. The summed E-state index contributed by atoms with van der Waals surface area (Å²) in [5.74, 6) is 0.276. The third-order valence-corrected chi connectivity index (χ3v) is 9.85. The molecule has 0 atom stereocenters. The lowest BCUT2D eigenvalue weighted by atomic mass is 9.84. The highest BCUT2D eigenvalue weighted by atomic mass is 32.2. The van der Waals surface area contributed by atoms with Crippen LogP contribution >= 0.6 is 11.3 Å². The van der Waals surface area contributed by atoms with Crippen molar-refractivity contribution in [3.63, 3.8) is 0 Å². The van der Waals surface area contributed by atoms with E-state index < -0.39 is 27.0 Å². The Morgan fingerprint density at radius 1 is 1.18 bits per heavy atom. The number of sulfonamides is 1. The third-order valence-electron chi connectivity index (χ3n) is 7.43. The van der Waals surface area contributed by atoms with Gasteiger partial charge in [-0.3, -0.25) is 4.79 Å². The van der Waals surface area contributed by atoms with Gasteiger partial charge in [-0.15, -0.1) is 10.2 Å². The predicted octanol–water partition coefficient (Wildman–Crippen LogP) is 2.60. The zero-order valence-electron chi connectivity index (χ0n) is 20.2. The fourth-order valence-corrected chi connectivity index (χ4v) is 6.90. The number of nitrogens with zero attached hydrogens (tertiary/aromatic N) is 7. The van der Waals surface area contributed by atoms with E-state index >= 15 is 0 Å². The molecule has 0 bridgehead atoms. The Morgan fingerprint density at radius 3 is 2.50 bits per heavy atom. The van der Waals surface area contributed by atoms with Crippen molar-refractivity contribution in [1.82, 2.24) is 29.6 Å². The first-order valence-electron chi connectivity index (χ1n) is 12.3. The SMILES string of the molecule is N#CC1(NS(=O)(=O)c2cc(N3CCN(C(=O)C4CCC4)CC3)c3cnn(-c4nnc(C(F)F)s4)c3c2)CC1. The Hall–Kier alpha value is -3.22. The van der Waals surface area contributed by atoms with Gasteiger partial charge in [0.2, 0.25) is 21.1 Å². The van der Waals surface area contributed by atoms with Crippen molar-refractivity contribution in [3.05, 3.63) is 23.3 Å². The molecular formula is C23H24F2N8O3S2. The number of rotatable bonds is 7. The number of halogens is 2. The average molecular weight is 563 g/mol. The topological polar surface area (TPSA) is 137 Å². The number of nitriles is 1. The summed E-state index contributed by atoms with van der Waals surface area (Å²) in [6.07, 6.45) is 2.53. The first-order chi connectivity index (χ1) is 18.2. The maximum Gasteiger partial charge on any atom is 0.291 e. The van der Waals surface area contributed by atoms with Crippen LogP contribution < -0.4 is 9.62 Å². The van der Waals surface area contributed by atoms with Crippen molar-refractivity contribution in [2.45, 2.75) is 49.0 Å². The van der Waals surface area contributed by atoms with E-state index in [1.54, 1.807) is 6.20 Å². The summed E-state index contributed by atoms with van der Waals surface area (Å²) < 4.78 is 56.8. The van der Waals surface area contributed by atoms with Gasteiger partial charge < -0.3 is 9.80 Å². The number of anilines is 1. The Morgan fingerprint density at radius 2 is 1.92 bits per heavy atom. The van der Waals surface area contributed by atoms with Gasteiger partial charge in [-0.05, 0) is 37.8 Å². The zero-order valence-corrected chi connectivity index (χ0v) is 21.8. The van der Waals surface area contributed by atoms with E-state index in [9.17, 15) is 27.3 Å². The molecule has 2 aliphatic carbocycles. The molecule has 0 unspecified atom stereocenters. The maximum atomic E-state index is 13.4. The molecule has 0 radical (unpaired) electrons. The number of carbonyl (C=O) groups is 1. The monoisotopic (exact) mass is 562 g/mol. The van der Waals surface area contributed by atoms with Crippen LogP contribution in [0.3, 0.4) is 0 Å². The lowest BCUT2D eigenvalue weighted by molar-refractivity contribution is -0.138. The van der Waals surface area contributed by atoms with E-state index in [0.717, 1.165) is 19.3 Å². The summed E-state index contributed by atoms with van der Waals surface area (Å²) in [6, 6.07) is 4.97. The highest BCUT2D eigenvalue weighted by Gasteiger charge is 2.47. The second kappa shape index (κ2) is 9.21. The van der Waals surface area contributed by atoms with Crippen LogP contribution in [0.5, 0.6) is 0 Å². The van der Waals surface area contributed by atoms with E-state index in [2.05, 4.69) is 20.0 Å². The second-order valence-corrected chi connectivity index (χ2v) is 12.6. The largest absolute Gasteiger partial charge is 0.367 e. The highest BCUT2D eigenvalue weighted by Crippen LogP contribution is 2.38. The van der Waals surface area contributed by atoms with Crippen LogP contribution in [0.2, 0.25) is 0 Å². The minimum atomic E-state index is -4.09. The second-order valence-electron chi connectivity index (χ2n) is 9.89. The Labute approximate surface area is 221 Å². The first kappa shape index (κ1) is 25.1. The fraction of sp³-hybridized carbons (Fsp3) is 0.522. The first-order valence-corrected chi connectivity index (χ1v) is 14.6. The molecule has 11 nitrogen and oxygen atoms in total. The maximum absolute atomic E-state index is 13.4. The molecule has 3 aliphatic rings. The number of alkyl halides is 2. The molecule has 1 amide bonds. The number of aromatic nitrogens is 4. The van der Waals surface area contributed by atoms with E-state index in [4.69, 9.17) is 0 Å². The van der Waals surface area contributed by atoms with Gasteiger partial charge in [-0.1, -0.05) is 17.8 Å². The molecule has 1 aliphatic heterocycles. The predicted molar refractivity (Wildman–Crippen MR) is 134 cm³/mol. The molecule has 6 rings (SSSR count). The van der Waals surface area contributed by atoms with Gasteiger partial charge in [0.1, 0.15) is 5.54 Å². The summed E-state index contributed by atoms with van der Waals surface area (Å²) in [5, 5.41) is 21.3. The van der Waals surface area contributed by atoms with Gasteiger partial charge in [0.25, 0.3) is 6.43 Å². The van der Waals surface area contributed by atoms with Crippen molar-refractivity contribution in [2.24, 2.45) is 5.92 Å². The Bertz CT molecular complexity index is 1550. The number of piperazine rings is 1. The molecular weight excluding hydrogens is 538 g/mol. The number of hydrogen-bond acceptors (Lipinski definition) is 9. The molecule has 1 saturated heterocycles. The number of hydrogen-bond donors (Lipinski definition) is 1. The molecule has 38 heavy (non-hydrogen) atoms. The summed E-state index contributed by atoms with van der Waals surface area (Å²) in [4.78, 5) is 16.5. The summed E-state index contributed by atoms with van der Waals surface area (Å²) in [5.41, 5.74) is -0.174. The molecule has 3 fully saturated rings. The van der Waals surface area contributed by atoms with Crippen LogP contribution in [0.15, 0.2) is 23.2 Å². The molecule has 0 spiro atoms. The van der Waals surface area contributed by atoms with E-state index in [1.165, 1.54) is 16.8 Å². The van der Waals surface area contributed by atoms with Crippen LogP contribution in [0, 0.1) is 17.2 Å². The van der Waals surface area contributed by atoms with Crippen LogP contribution in [0.1, 0.15) is 43.5 Å². The van der Waals surface area contributed by atoms with Crippen LogP contribution in [0.4, 0.5) is 14.5 Å². The molecule has 2 saturated carbocycles. The molecule has 3 aromatic rings. The average Bonchev–Trinajstić information content (AvgIpc) is 3.26.